The molecule has 0 radical (unpaired) electrons. The van der Waals surface area contributed by atoms with Gasteiger partial charge in [0.25, 0.3) is 0 Å². The van der Waals surface area contributed by atoms with E-state index in [1.54, 1.807) is 18.2 Å². The Balaban J connectivity index is 1.57. The van der Waals surface area contributed by atoms with Crippen LogP contribution in [0.2, 0.25) is 0 Å². The lowest BCUT2D eigenvalue weighted by atomic mass is 9.95. The predicted octanol–water partition coefficient (Wildman–Crippen LogP) is 6.80. The molecular weight excluding hydrogens is 598 g/mol. The van der Waals surface area contributed by atoms with Gasteiger partial charge in [-0.05, 0) is 61.7 Å². The van der Waals surface area contributed by atoms with E-state index in [4.69, 9.17) is 4.98 Å². The van der Waals surface area contributed by atoms with Gasteiger partial charge in [0, 0.05) is 35.0 Å². The number of alkyl halides is 3. The summed E-state index contributed by atoms with van der Waals surface area (Å²) >= 11 is 0. The standard InChI is InChI=1S/C31H29F4N5O5/c1-3-23-28-20-11-10-19(36-30(42)44-2)15-24(20)37-27(41)7-5-4-6-21(29(38-23)39-28)25-12-8-17(16-40(25)43)22-14-18(32)9-13-26(22)45-31(33,34)35/h8-16,21H,3-7H2,1-2H3,(H,36,42)(H,37,41)(H,38,39)/t21-/m1/s1. The van der Waals surface area contributed by atoms with E-state index in [1.807, 2.05) is 6.92 Å². The van der Waals surface area contributed by atoms with Crippen LogP contribution in [0.25, 0.3) is 22.4 Å². The third-order valence-electron chi connectivity index (χ3n) is 7.39. The van der Waals surface area contributed by atoms with E-state index in [1.165, 1.54) is 19.2 Å². The number of amides is 2. The maximum absolute atomic E-state index is 14.0. The van der Waals surface area contributed by atoms with E-state index in [9.17, 15) is 32.4 Å². The maximum Gasteiger partial charge on any atom is 0.573 e. The molecule has 1 aliphatic rings. The third kappa shape index (κ3) is 7.16. The first kappa shape index (κ1) is 31.3. The Morgan fingerprint density at radius 2 is 1.93 bits per heavy atom. The Kier molecular flexibility index (Phi) is 8.93. The summed E-state index contributed by atoms with van der Waals surface area (Å²) < 4.78 is 62.3. The van der Waals surface area contributed by atoms with Crippen LogP contribution in [0.3, 0.4) is 0 Å². The van der Waals surface area contributed by atoms with Crippen molar-refractivity contribution in [3.63, 3.8) is 0 Å². The Hall–Kier alpha value is -5.14. The van der Waals surface area contributed by atoms with Gasteiger partial charge in [0.05, 0.1) is 24.1 Å². The van der Waals surface area contributed by atoms with Gasteiger partial charge in [0.1, 0.15) is 23.3 Å². The number of hydrogen-bond acceptors (Lipinski definition) is 6. The molecule has 0 saturated carbocycles. The number of imidazole rings is 1. The van der Waals surface area contributed by atoms with Crippen LogP contribution < -0.4 is 20.1 Å². The largest absolute Gasteiger partial charge is 0.618 e. The lowest BCUT2D eigenvalue weighted by Crippen LogP contribution is -2.34. The van der Waals surface area contributed by atoms with Crippen LogP contribution in [0, 0.1) is 11.0 Å². The number of pyridine rings is 1. The van der Waals surface area contributed by atoms with Crippen LogP contribution in [0.1, 0.15) is 55.7 Å². The molecule has 0 aliphatic carbocycles. The van der Waals surface area contributed by atoms with Gasteiger partial charge in [-0.15, -0.1) is 13.2 Å². The van der Waals surface area contributed by atoms with E-state index >= 15 is 0 Å². The van der Waals surface area contributed by atoms with E-state index in [0.717, 1.165) is 30.1 Å². The first-order valence-electron chi connectivity index (χ1n) is 14.1. The average Bonchev–Trinajstić information content (AvgIpc) is 3.41. The molecule has 2 bridgehead atoms. The number of halogens is 4. The number of anilines is 2. The Morgan fingerprint density at radius 3 is 2.64 bits per heavy atom. The number of fused-ring (bicyclic) bond motifs is 4. The van der Waals surface area contributed by atoms with Gasteiger partial charge in [-0.25, -0.2) is 14.2 Å². The summed E-state index contributed by atoms with van der Waals surface area (Å²) in [6.07, 6.45) is -2.43. The molecule has 2 aromatic heterocycles. The zero-order valence-corrected chi connectivity index (χ0v) is 24.3. The fourth-order valence-corrected chi connectivity index (χ4v) is 5.31. The minimum absolute atomic E-state index is 0.0250. The smallest absolute Gasteiger partial charge is 0.573 e. The summed E-state index contributed by atoms with van der Waals surface area (Å²) in [4.78, 5) is 32.8. The molecule has 45 heavy (non-hydrogen) atoms. The van der Waals surface area contributed by atoms with Crippen molar-refractivity contribution in [3.05, 3.63) is 83.0 Å². The van der Waals surface area contributed by atoms with Gasteiger partial charge in [0.15, 0.2) is 6.20 Å². The quantitative estimate of drug-likeness (QED) is 0.127. The van der Waals surface area contributed by atoms with Gasteiger partial charge in [-0.1, -0.05) is 13.3 Å². The summed E-state index contributed by atoms with van der Waals surface area (Å²) in [7, 11) is 1.24. The van der Waals surface area contributed by atoms with Crippen LogP contribution in [0.5, 0.6) is 5.75 Å². The van der Waals surface area contributed by atoms with Crippen LogP contribution in [-0.2, 0) is 16.0 Å². The second-order valence-corrected chi connectivity index (χ2v) is 10.4. The molecule has 0 saturated heterocycles. The van der Waals surface area contributed by atoms with Crippen molar-refractivity contribution in [1.82, 2.24) is 9.97 Å². The monoisotopic (exact) mass is 627 g/mol. The molecule has 4 aromatic rings. The van der Waals surface area contributed by atoms with Crippen molar-refractivity contribution in [2.45, 2.75) is 51.3 Å². The van der Waals surface area contributed by atoms with Crippen molar-refractivity contribution in [3.8, 4) is 28.1 Å². The number of carbonyl (C=O) groups excluding carboxylic acids is 2. The number of hydrogen-bond donors (Lipinski definition) is 3. The molecule has 10 nitrogen and oxygen atoms in total. The lowest BCUT2D eigenvalue weighted by Gasteiger charge is -2.17. The number of aromatic nitrogens is 3. The van der Waals surface area contributed by atoms with Crippen LogP contribution >= 0.6 is 0 Å². The van der Waals surface area contributed by atoms with Crippen molar-refractivity contribution < 1.29 is 41.4 Å². The molecule has 14 heteroatoms. The fraction of sp³-hybridized carbons (Fsp3) is 0.290. The second-order valence-electron chi connectivity index (χ2n) is 10.4. The summed E-state index contributed by atoms with van der Waals surface area (Å²) in [6.45, 7) is 1.92. The SMILES string of the molecule is CCc1[nH]c2nc1-c1ccc(NC(=O)OC)cc1NC(=O)CCCC[C@@H]2c1ccc(-c2cc(F)ccc2OC(F)(F)F)c[n+]1[O-]. The number of H-pyrrole nitrogens is 1. The van der Waals surface area contributed by atoms with Crippen molar-refractivity contribution in [2.75, 3.05) is 17.7 Å². The molecule has 0 unspecified atom stereocenters. The van der Waals surface area contributed by atoms with Crippen molar-refractivity contribution >= 4 is 23.4 Å². The van der Waals surface area contributed by atoms with Gasteiger partial charge in [0.2, 0.25) is 11.6 Å². The highest BCUT2D eigenvalue weighted by atomic mass is 19.4. The number of carbonyl (C=O) groups is 2. The van der Waals surface area contributed by atoms with Crippen LogP contribution in [0.4, 0.5) is 33.7 Å². The fourth-order valence-electron chi connectivity index (χ4n) is 5.31. The Morgan fingerprint density at radius 1 is 1.13 bits per heavy atom. The van der Waals surface area contributed by atoms with Gasteiger partial charge in [-0.3, -0.25) is 10.1 Å². The predicted molar refractivity (Wildman–Crippen MR) is 156 cm³/mol. The molecular formula is C31H29F4N5O5. The Bertz CT molecular complexity index is 1740. The first-order valence-corrected chi connectivity index (χ1v) is 14.1. The summed E-state index contributed by atoms with van der Waals surface area (Å²) in [5.74, 6) is -1.77. The number of aryl methyl sites for hydroxylation is 1. The maximum atomic E-state index is 14.0. The molecule has 5 rings (SSSR count). The second kappa shape index (κ2) is 12.8. The minimum atomic E-state index is -5.02. The zero-order chi connectivity index (χ0) is 32.3. The van der Waals surface area contributed by atoms with Gasteiger partial charge in [-0.2, -0.15) is 4.73 Å². The van der Waals surface area contributed by atoms with Crippen molar-refractivity contribution in [2.24, 2.45) is 0 Å². The molecule has 236 valence electrons. The Labute approximate surface area is 255 Å². The lowest BCUT2D eigenvalue weighted by molar-refractivity contribution is -0.614. The summed E-state index contributed by atoms with van der Waals surface area (Å²) in [5.41, 5.74) is 2.74. The van der Waals surface area contributed by atoms with Crippen molar-refractivity contribution in [1.29, 1.82) is 0 Å². The summed E-state index contributed by atoms with van der Waals surface area (Å²) in [5, 5.41) is 18.9. The average molecular weight is 628 g/mol. The highest BCUT2D eigenvalue weighted by Gasteiger charge is 2.33. The molecule has 0 spiro atoms. The topological polar surface area (TPSA) is 132 Å². The molecule has 2 aromatic carbocycles. The number of rotatable bonds is 5. The number of ether oxygens (including phenoxy) is 2. The summed E-state index contributed by atoms with van der Waals surface area (Å²) in [6, 6.07) is 10.4. The van der Waals surface area contributed by atoms with Gasteiger partial charge >= 0.3 is 12.5 Å². The normalized spacial score (nSPS) is 15.2. The highest BCUT2D eigenvalue weighted by molar-refractivity contribution is 5.97. The highest BCUT2D eigenvalue weighted by Crippen LogP contribution is 2.38. The number of nitrogens with zero attached hydrogens (tertiary/aromatic N) is 2. The van der Waals surface area contributed by atoms with Crippen LogP contribution in [0.15, 0.2) is 54.7 Å². The minimum Gasteiger partial charge on any atom is -0.618 e. The van der Waals surface area contributed by atoms with E-state index in [0.29, 0.717) is 58.9 Å². The van der Waals surface area contributed by atoms with Crippen LogP contribution in [-0.4, -0.2) is 35.4 Å². The van der Waals surface area contributed by atoms with E-state index < -0.39 is 29.9 Å². The first-order chi connectivity index (χ1) is 21.5. The van der Waals surface area contributed by atoms with E-state index in [2.05, 4.69) is 25.1 Å². The number of aromatic amines is 1. The molecule has 2 amide bonds. The molecule has 0 fully saturated rings. The van der Waals surface area contributed by atoms with E-state index in [-0.39, 0.29) is 29.1 Å². The number of benzene rings is 2. The molecule has 3 heterocycles. The van der Waals surface area contributed by atoms with Gasteiger partial charge < -0.3 is 25.0 Å². The third-order valence-corrected chi connectivity index (χ3v) is 7.39. The molecule has 1 aliphatic heterocycles. The molecule has 1 atom stereocenters. The number of methoxy groups -OCH3 is 1. The number of nitrogens with one attached hydrogen (secondary N) is 3. The molecule has 3 N–H and O–H groups in total. The zero-order valence-electron chi connectivity index (χ0n) is 24.3.